The number of ether oxygens (including phenoxy) is 1. The van der Waals surface area contributed by atoms with Crippen LogP contribution >= 0.6 is 15.9 Å². The molecule has 1 aromatic carbocycles. The van der Waals surface area contributed by atoms with Crippen molar-refractivity contribution >= 4 is 21.6 Å². The van der Waals surface area contributed by atoms with Gasteiger partial charge in [-0.25, -0.2) is 0 Å². The molecule has 0 radical (unpaired) electrons. The van der Waals surface area contributed by atoms with E-state index in [0.29, 0.717) is 6.10 Å². The predicted octanol–water partition coefficient (Wildman–Crippen LogP) is 3.56. The molecule has 3 nitrogen and oxygen atoms in total. The monoisotopic (exact) mass is 340 g/mol. The first-order valence-electron chi connectivity index (χ1n) is 7.60. The van der Waals surface area contributed by atoms with E-state index in [1.54, 1.807) is 0 Å². The van der Waals surface area contributed by atoms with Crippen LogP contribution in [0.2, 0.25) is 0 Å². The summed E-state index contributed by atoms with van der Waals surface area (Å²) >= 11 is 3.58. The minimum Gasteiger partial charge on any atom is -0.375 e. The van der Waals surface area contributed by atoms with Crippen LogP contribution in [0.25, 0.3) is 0 Å². The molecular weight excluding hydrogens is 316 g/mol. The molecule has 1 aliphatic heterocycles. The van der Waals surface area contributed by atoms with Crippen molar-refractivity contribution in [2.24, 2.45) is 0 Å². The van der Waals surface area contributed by atoms with Crippen LogP contribution in [-0.4, -0.2) is 32.3 Å². The Kier molecular flexibility index (Phi) is 6.33. The van der Waals surface area contributed by atoms with E-state index in [4.69, 9.17) is 4.74 Å². The first kappa shape index (κ1) is 15.8. The van der Waals surface area contributed by atoms with Gasteiger partial charge in [-0.3, -0.25) is 0 Å². The lowest BCUT2D eigenvalue weighted by Crippen LogP contribution is -2.42. The number of hydrogen-bond acceptors (Lipinski definition) is 3. The fourth-order valence-corrected chi connectivity index (χ4v) is 3.00. The lowest BCUT2D eigenvalue weighted by atomic mass is 10.1. The van der Waals surface area contributed by atoms with E-state index in [1.165, 1.54) is 17.7 Å². The zero-order chi connectivity index (χ0) is 14.4. The van der Waals surface area contributed by atoms with E-state index in [-0.39, 0.29) is 0 Å². The van der Waals surface area contributed by atoms with Crippen molar-refractivity contribution in [3.63, 3.8) is 0 Å². The van der Waals surface area contributed by atoms with Crippen LogP contribution in [0.15, 0.2) is 22.7 Å². The summed E-state index contributed by atoms with van der Waals surface area (Å²) in [5.41, 5.74) is 2.71. The Hall–Kier alpha value is -0.580. The zero-order valence-corrected chi connectivity index (χ0v) is 14.1. The number of morpholine rings is 1. The first-order chi connectivity index (χ1) is 9.74. The van der Waals surface area contributed by atoms with E-state index in [2.05, 4.69) is 58.2 Å². The highest BCUT2D eigenvalue weighted by molar-refractivity contribution is 9.10. The van der Waals surface area contributed by atoms with Crippen LogP contribution < -0.4 is 10.2 Å². The molecule has 0 saturated carbocycles. The molecule has 1 saturated heterocycles. The summed E-state index contributed by atoms with van der Waals surface area (Å²) in [5, 5.41) is 3.50. The van der Waals surface area contributed by atoms with Gasteiger partial charge in [-0.05, 0) is 43.1 Å². The number of benzene rings is 1. The molecule has 20 heavy (non-hydrogen) atoms. The number of nitrogens with one attached hydrogen (secondary N) is 1. The van der Waals surface area contributed by atoms with Crippen LogP contribution in [0.4, 0.5) is 5.69 Å². The summed E-state index contributed by atoms with van der Waals surface area (Å²) in [6.07, 6.45) is 2.61. The van der Waals surface area contributed by atoms with Crippen LogP contribution in [0.5, 0.6) is 0 Å². The number of anilines is 1. The lowest BCUT2D eigenvalue weighted by Gasteiger charge is -2.35. The molecule has 4 heteroatoms. The zero-order valence-electron chi connectivity index (χ0n) is 12.5. The Morgan fingerprint density at radius 2 is 2.25 bits per heavy atom. The number of halogens is 1. The van der Waals surface area contributed by atoms with Gasteiger partial charge in [-0.15, -0.1) is 0 Å². The summed E-state index contributed by atoms with van der Waals surface area (Å²) in [7, 11) is 0. The number of nitrogens with zero attached hydrogens (tertiary/aromatic N) is 1. The largest absolute Gasteiger partial charge is 0.375 e. The molecule has 0 aliphatic carbocycles. The molecular formula is C16H25BrN2O. The summed E-state index contributed by atoms with van der Waals surface area (Å²) in [5.74, 6) is 0. The predicted molar refractivity (Wildman–Crippen MR) is 88.4 cm³/mol. The van der Waals surface area contributed by atoms with Gasteiger partial charge in [-0.1, -0.05) is 29.8 Å². The smallest absolute Gasteiger partial charge is 0.0748 e. The number of hydrogen-bond donors (Lipinski definition) is 1. The van der Waals surface area contributed by atoms with Gasteiger partial charge in [0.2, 0.25) is 0 Å². The van der Waals surface area contributed by atoms with Gasteiger partial charge < -0.3 is 15.0 Å². The second-order valence-electron chi connectivity index (χ2n) is 5.30. The Labute approximate surface area is 130 Å². The van der Waals surface area contributed by atoms with E-state index in [1.807, 2.05) is 0 Å². The van der Waals surface area contributed by atoms with Crippen molar-refractivity contribution in [3.8, 4) is 0 Å². The second-order valence-corrected chi connectivity index (χ2v) is 6.21. The van der Waals surface area contributed by atoms with Crippen molar-refractivity contribution < 1.29 is 4.74 Å². The maximum absolute atomic E-state index is 5.77. The Morgan fingerprint density at radius 1 is 1.40 bits per heavy atom. The highest BCUT2D eigenvalue weighted by atomic mass is 79.9. The topological polar surface area (TPSA) is 24.5 Å². The average molecular weight is 341 g/mol. The van der Waals surface area contributed by atoms with Crippen molar-refractivity contribution in [1.82, 2.24) is 5.32 Å². The van der Waals surface area contributed by atoms with E-state index >= 15 is 0 Å². The van der Waals surface area contributed by atoms with Crippen molar-refractivity contribution in [1.29, 1.82) is 0 Å². The molecule has 0 bridgehead atoms. The van der Waals surface area contributed by atoms with E-state index in [9.17, 15) is 0 Å². The van der Waals surface area contributed by atoms with Gasteiger partial charge in [0.15, 0.2) is 0 Å². The third-order valence-electron chi connectivity index (χ3n) is 3.72. The van der Waals surface area contributed by atoms with Gasteiger partial charge in [0, 0.05) is 29.8 Å². The van der Waals surface area contributed by atoms with Gasteiger partial charge in [0.25, 0.3) is 0 Å². The molecule has 1 aromatic rings. The molecule has 0 spiro atoms. The molecule has 112 valence electrons. The average Bonchev–Trinajstić information content (AvgIpc) is 2.48. The maximum atomic E-state index is 5.77. The van der Waals surface area contributed by atoms with Crippen molar-refractivity contribution in [2.45, 2.75) is 39.3 Å². The van der Waals surface area contributed by atoms with Crippen molar-refractivity contribution in [3.05, 3.63) is 28.2 Å². The minimum absolute atomic E-state index is 0.365. The fraction of sp³-hybridized carbons (Fsp3) is 0.625. The molecule has 1 N–H and O–H groups in total. The first-order valence-corrected chi connectivity index (χ1v) is 8.39. The van der Waals surface area contributed by atoms with Crippen LogP contribution in [0.3, 0.4) is 0 Å². The third-order valence-corrected chi connectivity index (χ3v) is 4.21. The summed E-state index contributed by atoms with van der Waals surface area (Å²) in [6, 6.07) is 6.59. The number of rotatable bonds is 6. The van der Waals surface area contributed by atoms with Crippen LogP contribution in [-0.2, 0) is 11.3 Å². The third kappa shape index (κ3) is 4.21. The molecule has 0 amide bonds. The standard InChI is InChI=1S/C16H25BrN2O/c1-3-7-18-11-13-10-14(17)5-6-16(13)19-8-9-20-15(4-2)12-19/h5-6,10,15,18H,3-4,7-9,11-12H2,1-2H3. The Morgan fingerprint density at radius 3 is 3.00 bits per heavy atom. The SMILES string of the molecule is CCCNCc1cc(Br)ccc1N1CCOC(CC)C1. The fourth-order valence-electron chi connectivity index (χ4n) is 2.59. The van der Waals surface area contributed by atoms with E-state index in [0.717, 1.165) is 43.7 Å². The molecule has 2 rings (SSSR count). The maximum Gasteiger partial charge on any atom is 0.0748 e. The van der Waals surface area contributed by atoms with Gasteiger partial charge >= 0.3 is 0 Å². The van der Waals surface area contributed by atoms with Gasteiger partial charge in [0.05, 0.1) is 12.7 Å². The minimum atomic E-state index is 0.365. The Bertz CT molecular complexity index is 425. The highest BCUT2D eigenvalue weighted by Crippen LogP contribution is 2.26. The molecule has 1 heterocycles. The lowest BCUT2D eigenvalue weighted by molar-refractivity contribution is 0.0384. The van der Waals surface area contributed by atoms with Crippen LogP contribution in [0.1, 0.15) is 32.3 Å². The molecule has 1 atom stereocenters. The second kappa shape index (κ2) is 8.01. The van der Waals surface area contributed by atoms with Crippen LogP contribution in [0, 0.1) is 0 Å². The molecule has 1 fully saturated rings. The molecule has 0 aromatic heterocycles. The molecule has 1 unspecified atom stereocenters. The summed E-state index contributed by atoms with van der Waals surface area (Å²) < 4.78 is 6.92. The molecule has 1 aliphatic rings. The van der Waals surface area contributed by atoms with Crippen molar-refractivity contribution in [2.75, 3.05) is 31.1 Å². The van der Waals surface area contributed by atoms with Gasteiger partial charge in [-0.2, -0.15) is 0 Å². The summed E-state index contributed by atoms with van der Waals surface area (Å²) in [4.78, 5) is 2.47. The quantitative estimate of drug-likeness (QED) is 0.801. The Balaban J connectivity index is 2.12. The summed E-state index contributed by atoms with van der Waals surface area (Å²) in [6.45, 7) is 9.19. The van der Waals surface area contributed by atoms with E-state index < -0.39 is 0 Å². The highest BCUT2D eigenvalue weighted by Gasteiger charge is 2.21. The normalized spacial score (nSPS) is 19.4. The van der Waals surface area contributed by atoms with Gasteiger partial charge in [0.1, 0.15) is 0 Å².